The van der Waals surface area contributed by atoms with Crippen LogP contribution in [0.2, 0.25) is 0 Å². The van der Waals surface area contributed by atoms with Gasteiger partial charge in [0.05, 0.1) is 22.9 Å². The molecular formula is C21H17N3O5. The molecule has 1 aliphatic heterocycles. The van der Waals surface area contributed by atoms with Gasteiger partial charge in [-0.05, 0) is 36.8 Å². The first-order chi connectivity index (χ1) is 14.0. The Labute approximate surface area is 164 Å². The zero-order chi connectivity index (χ0) is 20.4. The first-order valence-corrected chi connectivity index (χ1v) is 9.03. The Hall–Kier alpha value is -3.94. The molecule has 0 saturated carbocycles. The molecule has 0 spiro atoms. The third kappa shape index (κ3) is 3.86. The maximum absolute atomic E-state index is 12.4. The van der Waals surface area contributed by atoms with Crippen LogP contribution in [0.4, 0.5) is 11.4 Å². The van der Waals surface area contributed by atoms with Crippen molar-refractivity contribution in [3.63, 3.8) is 0 Å². The van der Waals surface area contributed by atoms with Gasteiger partial charge >= 0.3 is 0 Å². The van der Waals surface area contributed by atoms with Gasteiger partial charge in [0.25, 0.3) is 5.91 Å². The van der Waals surface area contributed by atoms with Crippen LogP contribution in [-0.2, 0) is 9.59 Å². The number of hydrogen-bond donors (Lipinski definition) is 3. The molecule has 8 nitrogen and oxygen atoms in total. The monoisotopic (exact) mass is 391 g/mol. The molecule has 8 heteroatoms. The van der Waals surface area contributed by atoms with E-state index in [1.807, 2.05) is 0 Å². The maximum atomic E-state index is 12.4. The van der Waals surface area contributed by atoms with Crippen LogP contribution in [-0.4, -0.2) is 23.8 Å². The SMILES string of the molecule is O=C(CC[C@@H]1NC(=O)c2ccccc2NC1=O)Nc1ccc2occc(=O)c2c1. The van der Waals surface area contributed by atoms with Crippen molar-refractivity contribution in [1.29, 1.82) is 0 Å². The third-order valence-electron chi connectivity index (χ3n) is 4.65. The molecule has 3 amide bonds. The predicted molar refractivity (Wildman–Crippen MR) is 107 cm³/mol. The molecule has 29 heavy (non-hydrogen) atoms. The zero-order valence-corrected chi connectivity index (χ0v) is 15.2. The van der Waals surface area contributed by atoms with E-state index in [2.05, 4.69) is 16.0 Å². The summed E-state index contributed by atoms with van der Waals surface area (Å²) in [4.78, 5) is 48.9. The van der Waals surface area contributed by atoms with E-state index >= 15 is 0 Å². The number of fused-ring (bicyclic) bond motifs is 2. The van der Waals surface area contributed by atoms with Gasteiger partial charge in [-0.2, -0.15) is 0 Å². The molecule has 3 N–H and O–H groups in total. The molecule has 0 radical (unpaired) electrons. The van der Waals surface area contributed by atoms with Gasteiger partial charge in [0.2, 0.25) is 11.8 Å². The fourth-order valence-corrected chi connectivity index (χ4v) is 3.18. The van der Waals surface area contributed by atoms with E-state index in [-0.39, 0.29) is 36.0 Å². The standard InChI is InChI=1S/C21H17N3O5/c25-17-9-10-29-18-7-5-12(11-14(17)18)22-19(26)8-6-16-21(28)23-15-4-2-1-3-13(15)20(27)24-16/h1-5,7,9-11,16H,6,8H2,(H,22,26)(H,23,28)(H,24,27)/t16-/m0/s1. The van der Waals surface area contributed by atoms with Gasteiger partial charge in [-0.3, -0.25) is 19.2 Å². The highest BCUT2D eigenvalue weighted by atomic mass is 16.3. The molecule has 0 fully saturated rings. The topological polar surface area (TPSA) is 118 Å². The molecule has 3 aromatic rings. The molecule has 2 aromatic carbocycles. The highest BCUT2D eigenvalue weighted by Crippen LogP contribution is 2.20. The second kappa shape index (κ2) is 7.59. The largest absolute Gasteiger partial charge is 0.464 e. The maximum Gasteiger partial charge on any atom is 0.254 e. The van der Waals surface area contributed by atoms with Crippen LogP contribution in [0.25, 0.3) is 11.0 Å². The average molecular weight is 391 g/mol. The minimum atomic E-state index is -0.829. The number of anilines is 2. The molecular weight excluding hydrogens is 374 g/mol. The van der Waals surface area contributed by atoms with Gasteiger partial charge < -0.3 is 20.4 Å². The summed E-state index contributed by atoms with van der Waals surface area (Å²) in [6.07, 6.45) is 1.45. The summed E-state index contributed by atoms with van der Waals surface area (Å²) in [6, 6.07) is 11.9. The quantitative estimate of drug-likeness (QED) is 0.631. The van der Waals surface area contributed by atoms with E-state index in [0.29, 0.717) is 27.9 Å². The molecule has 0 saturated heterocycles. The van der Waals surface area contributed by atoms with Crippen molar-refractivity contribution in [1.82, 2.24) is 5.32 Å². The Kier molecular flexibility index (Phi) is 4.82. The lowest BCUT2D eigenvalue weighted by atomic mass is 10.1. The molecule has 2 heterocycles. The number of nitrogens with one attached hydrogen (secondary N) is 3. The van der Waals surface area contributed by atoms with Crippen LogP contribution in [0.1, 0.15) is 23.2 Å². The fourth-order valence-electron chi connectivity index (χ4n) is 3.18. The van der Waals surface area contributed by atoms with Crippen molar-refractivity contribution in [2.45, 2.75) is 18.9 Å². The van der Waals surface area contributed by atoms with E-state index in [9.17, 15) is 19.2 Å². The lowest BCUT2D eigenvalue weighted by Crippen LogP contribution is -2.41. The number of carbonyl (C=O) groups excluding carboxylic acids is 3. The van der Waals surface area contributed by atoms with Crippen molar-refractivity contribution in [3.05, 3.63) is 70.6 Å². The van der Waals surface area contributed by atoms with E-state index in [1.165, 1.54) is 18.4 Å². The summed E-state index contributed by atoms with van der Waals surface area (Å²) in [5.41, 5.74) is 1.48. The predicted octanol–water partition coefficient (Wildman–Crippen LogP) is 2.26. The molecule has 4 rings (SSSR count). The number of amides is 3. The Morgan fingerprint density at radius 3 is 2.76 bits per heavy atom. The second-order valence-corrected chi connectivity index (χ2v) is 6.64. The smallest absolute Gasteiger partial charge is 0.254 e. The van der Waals surface area contributed by atoms with Gasteiger partial charge in [-0.1, -0.05) is 12.1 Å². The molecule has 0 unspecified atom stereocenters. The van der Waals surface area contributed by atoms with E-state index in [0.717, 1.165) is 0 Å². The lowest BCUT2D eigenvalue weighted by Gasteiger charge is -2.14. The lowest BCUT2D eigenvalue weighted by molar-refractivity contribution is -0.118. The third-order valence-corrected chi connectivity index (χ3v) is 4.65. The van der Waals surface area contributed by atoms with Gasteiger partial charge in [-0.25, -0.2) is 0 Å². The van der Waals surface area contributed by atoms with Crippen molar-refractivity contribution in [3.8, 4) is 0 Å². The summed E-state index contributed by atoms with van der Waals surface area (Å²) in [7, 11) is 0. The normalized spacial score (nSPS) is 15.8. The molecule has 1 aliphatic rings. The van der Waals surface area contributed by atoms with Gasteiger partial charge in [0, 0.05) is 18.2 Å². The van der Waals surface area contributed by atoms with Crippen LogP contribution < -0.4 is 21.4 Å². The minimum absolute atomic E-state index is 0.0101. The summed E-state index contributed by atoms with van der Waals surface area (Å²) < 4.78 is 5.24. The number of hydrogen-bond acceptors (Lipinski definition) is 5. The van der Waals surface area contributed by atoms with E-state index < -0.39 is 6.04 Å². The first-order valence-electron chi connectivity index (χ1n) is 9.03. The first kappa shape index (κ1) is 18.4. The molecule has 1 aromatic heterocycles. The Balaban J connectivity index is 1.41. The summed E-state index contributed by atoms with van der Waals surface area (Å²) >= 11 is 0. The Morgan fingerprint density at radius 1 is 1.07 bits per heavy atom. The van der Waals surface area contributed by atoms with Gasteiger partial charge in [-0.15, -0.1) is 0 Å². The minimum Gasteiger partial charge on any atom is -0.464 e. The fraction of sp³-hybridized carbons (Fsp3) is 0.143. The van der Waals surface area contributed by atoms with Crippen molar-refractivity contribution in [2.75, 3.05) is 10.6 Å². The van der Waals surface area contributed by atoms with Crippen LogP contribution >= 0.6 is 0 Å². The number of carbonyl (C=O) groups is 3. The van der Waals surface area contributed by atoms with Crippen LogP contribution in [0.3, 0.4) is 0 Å². The van der Waals surface area contributed by atoms with Crippen molar-refractivity contribution >= 4 is 40.1 Å². The highest BCUT2D eigenvalue weighted by Gasteiger charge is 2.27. The number of para-hydroxylation sites is 1. The van der Waals surface area contributed by atoms with E-state index in [4.69, 9.17) is 4.42 Å². The van der Waals surface area contributed by atoms with Crippen LogP contribution in [0.15, 0.2) is 64.0 Å². The molecule has 0 bridgehead atoms. The Bertz CT molecular complexity index is 1180. The van der Waals surface area contributed by atoms with Crippen LogP contribution in [0, 0.1) is 0 Å². The van der Waals surface area contributed by atoms with Crippen LogP contribution in [0.5, 0.6) is 0 Å². The van der Waals surface area contributed by atoms with Gasteiger partial charge in [0.1, 0.15) is 11.6 Å². The Morgan fingerprint density at radius 2 is 1.90 bits per heavy atom. The van der Waals surface area contributed by atoms with Crippen molar-refractivity contribution in [2.24, 2.45) is 0 Å². The second-order valence-electron chi connectivity index (χ2n) is 6.64. The summed E-state index contributed by atoms with van der Waals surface area (Å²) in [5.74, 6) is -1.08. The highest BCUT2D eigenvalue weighted by molar-refractivity contribution is 6.10. The van der Waals surface area contributed by atoms with Gasteiger partial charge in [0.15, 0.2) is 5.43 Å². The molecule has 1 atom stereocenters. The van der Waals surface area contributed by atoms with E-state index in [1.54, 1.807) is 36.4 Å². The van der Waals surface area contributed by atoms with Crippen molar-refractivity contribution < 1.29 is 18.8 Å². The number of rotatable bonds is 4. The average Bonchev–Trinajstić information content (AvgIpc) is 2.83. The molecule has 0 aliphatic carbocycles. The summed E-state index contributed by atoms with van der Waals surface area (Å²) in [6.45, 7) is 0. The summed E-state index contributed by atoms with van der Waals surface area (Å²) in [5, 5.41) is 8.41. The zero-order valence-electron chi connectivity index (χ0n) is 15.2. The molecule has 146 valence electrons. The number of benzene rings is 2.